The first-order chi connectivity index (χ1) is 9.27. The summed E-state index contributed by atoms with van der Waals surface area (Å²) in [5, 5.41) is 4.94. The molecule has 1 aliphatic rings. The number of fused-ring (bicyclic) bond motifs is 1. The molecule has 102 valence electrons. The molecule has 0 bridgehead atoms. The summed E-state index contributed by atoms with van der Waals surface area (Å²) < 4.78 is 6.51. The lowest BCUT2D eigenvalue weighted by Gasteiger charge is -2.26. The highest BCUT2D eigenvalue weighted by molar-refractivity contribution is 7.18. The standard InChI is InChI=1S/C15H20N2OS/c1-3-7-15(8-4-9-16-15)14-17-12-6-5-11(18-2)10-13(12)19-14/h5-6,10,16H,3-4,7-9H2,1-2H3. The smallest absolute Gasteiger partial charge is 0.120 e. The fourth-order valence-electron chi connectivity index (χ4n) is 2.97. The summed E-state index contributed by atoms with van der Waals surface area (Å²) in [4.78, 5) is 4.86. The summed E-state index contributed by atoms with van der Waals surface area (Å²) in [5.74, 6) is 0.909. The third-order valence-electron chi connectivity index (χ3n) is 3.93. The van der Waals surface area contributed by atoms with Crippen molar-refractivity contribution in [1.29, 1.82) is 0 Å². The van der Waals surface area contributed by atoms with Gasteiger partial charge < -0.3 is 10.1 Å². The summed E-state index contributed by atoms with van der Waals surface area (Å²) >= 11 is 1.81. The minimum Gasteiger partial charge on any atom is -0.497 e. The molecule has 1 unspecified atom stereocenters. The fourth-order valence-corrected chi connectivity index (χ4v) is 4.19. The minimum atomic E-state index is 0.117. The zero-order valence-electron chi connectivity index (χ0n) is 11.5. The van der Waals surface area contributed by atoms with E-state index < -0.39 is 0 Å². The predicted octanol–water partition coefficient (Wildman–Crippen LogP) is 3.68. The zero-order valence-corrected chi connectivity index (χ0v) is 12.3. The van der Waals surface area contributed by atoms with Gasteiger partial charge in [0.15, 0.2) is 0 Å². The van der Waals surface area contributed by atoms with Crippen LogP contribution in [-0.4, -0.2) is 18.6 Å². The quantitative estimate of drug-likeness (QED) is 0.925. The molecule has 3 rings (SSSR count). The number of nitrogens with zero attached hydrogens (tertiary/aromatic N) is 1. The van der Waals surface area contributed by atoms with Crippen molar-refractivity contribution in [1.82, 2.24) is 10.3 Å². The second kappa shape index (κ2) is 5.10. The Balaban J connectivity index is 2.03. The number of methoxy groups -OCH3 is 1. The largest absolute Gasteiger partial charge is 0.497 e. The molecule has 4 heteroatoms. The number of ether oxygens (including phenoxy) is 1. The van der Waals surface area contributed by atoms with E-state index in [0.29, 0.717) is 0 Å². The summed E-state index contributed by atoms with van der Waals surface area (Å²) in [6.45, 7) is 3.36. The van der Waals surface area contributed by atoms with Gasteiger partial charge in [0.05, 0.1) is 22.9 Å². The van der Waals surface area contributed by atoms with E-state index in [9.17, 15) is 0 Å². The molecule has 1 saturated heterocycles. The Morgan fingerprint density at radius 1 is 1.47 bits per heavy atom. The average molecular weight is 276 g/mol. The molecule has 1 aromatic carbocycles. The van der Waals surface area contributed by atoms with E-state index in [1.54, 1.807) is 7.11 Å². The van der Waals surface area contributed by atoms with Crippen LogP contribution in [0.4, 0.5) is 0 Å². The van der Waals surface area contributed by atoms with Crippen LogP contribution in [0.3, 0.4) is 0 Å². The molecule has 1 N–H and O–H groups in total. The number of thiazole rings is 1. The van der Waals surface area contributed by atoms with E-state index >= 15 is 0 Å². The van der Waals surface area contributed by atoms with Crippen molar-refractivity contribution in [3.63, 3.8) is 0 Å². The first-order valence-electron chi connectivity index (χ1n) is 6.97. The number of aromatic nitrogens is 1. The number of hydrogen-bond donors (Lipinski definition) is 1. The normalized spacial score (nSPS) is 23.1. The van der Waals surface area contributed by atoms with Crippen LogP contribution >= 0.6 is 11.3 Å². The highest BCUT2D eigenvalue weighted by Gasteiger charge is 2.37. The highest BCUT2D eigenvalue weighted by Crippen LogP contribution is 2.39. The predicted molar refractivity (Wildman–Crippen MR) is 80.0 cm³/mol. The first kappa shape index (κ1) is 12.9. The van der Waals surface area contributed by atoms with Gasteiger partial charge in [0.1, 0.15) is 10.8 Å². The summed E-state index contributed by atoms with van der Waals surface area (Å²) in [6.07, 6.45) is 4.81. The van der Waals surface area contributed by atoms with E-state index in [0.717, 1.165) is 17.8 Å². The van der Waals surface area contributed by atoms with Gasteiger partial charge in [-0.2, -0.15) is 0 Å². The molecule has 3 nitrogen and oxygen atoms in total. The van der Waals surface area contributed by atoms with Gasteiger partial charge in [-0.15, -0.1) is 11.3 Å². The Morgan fingerprint density at radius 3 is 3.05 bits per heavy atom. The molecule has 2 aromatic rings. The van der Waals surface area contributed by atoms with E-state index in [-0.39, 0.29) is 5.54 Å². The topological polar surface area (TPSA) is 34.1 Å². The Kier molecular flexibility index (Phi) is 3.46. The van der Waals surface area contributed by atoms with E-state index in [1.807, 2.05) is 17.4 Å². The monoisotopic (exact) mass is 276 g/mol. The van der Waals surface area contributed by atoms with Gasteiger partial charge in [0.25, 0.3) is 0 Å². The van der Waals surface area contributed by atoms with Crippen molar-refractivity contribution < 1.29 is 4.74 Å². The maximum Gasteiger partial charge on any atom is 0.120 e. The number of rotatable bonds is 4. The molecule has 1 atom stereocenters. The van der Waals surface area contributed by atoms with Gasteiger partial charge in [-0.25, -0.2) is 4.98 Å². The SMILES string of the molecule is CCCC1(c2nc3ccc(OC)cc3s2)CCCN1. The summed E-state index contributed by atoms with van der Waals surface area (Å²) in [5.41, 5.74) is 1.20. The molecule has 0 amide bonds. The van der Waals surface area contributed by atoms with E-state index in [4.69, 9.17) is 9.72 Å². The van der Waals surface area contributed by atoms with Crippen LogP contribution in [0.25, 0.3) is 10.2 Å². The molecule has 0 spiro atoms. The molecule has 1 aliphatic heterocycles. The lowest BCUT2D eigenvalue weighted by atomic mass is 9.93. The zero-order chi connectivity index (χ0) is 13.3. The maximum absolute atomic E-state index is 5.29. The lowest BCUT2D eigenvalue weighted by molar-refractivity contribution is 0.355. The van der Waals surface area contributed by atoms with Gasteiger partial charge in [-0.1, -0.05) is 13.3 Å². The van der Waals surface area contributed by atoms with Crippen LogP contribution in [0.5, 0.6) is 5.75 Å². The molecule has 0 saturated carbocycles. The minimum absolute atomic E-state index is 0.117. The first-order valence-corrected chi connectivity index (χ1v) is 7.79. The number of nitrogens with one attached hydrogen (secondary N) is 1. The Bertz CT molecular complexity index is 573. The van der Waals surface area contributed by atoms with E-state index in [1.165, 1.54) is 35.4 Å². The Morgan fingerprint density at radius 2 is 2.37 bits per heavy atom. The molecular weight excluding hydrogens is 256 g/mol. The van der Waals surface area contributed by atoms with Crippen LogP contribution in [0.15, 0.2) is 18.2 Å². The van der Waals surface area contributed by atoms with Crippen LogP contribution < -0.4 is 10.1 Å². The molecule has 19 heavy (non-hydrogen) atoms. The molecule has 0 radical (unpaired) electrons. The van der Waals surface area contributed by atoms with Gasteiger partial charge in [0.2, 0.25) is 0 Å². The highest BCUT2D eigenvalue weighted by atomic mass is 32.1. The third-order valence-corrected chi connectivity index (χ3v) is 5.15. The summed E-state index contributed by atoms with van der Waals surface area (Å²) in [6, 6.07) is 6.13. The second-order valence-corrected chi connectivity index (χ2v) is 6.25. The Hall–Kier alpha value is -1.13. The van der Waals surface area contributed by atoms with Crippen molar-refractivity contribution >= 4 is 21.6 Å². The molecule has 2 heterocycles. The van der Waals surface area contributed by atoms with Gasteiger partial charge in [-0.05, 0) is 44.0 Å². The fraction of sp³-hybridized carbons (Fsp3) is 0.533. The number of benzene rings is 1. The molecule has 1 aromatic heterocycles. The lowest BCUT2D eigenvalue weighted by Crippen LogP contribution is -2.36. The number of hydrogen-bond acceptors (Lipinski definition) is 4. The van der Waals surface area contributed by atoms with Crippen LogP contribution in [-0.2, 0) is 5.54 Å². The van der Waals surface area contributed by atoms with Crippen molar-refractivity contribution in [2.24, 2.45) is 0 Å². The maximum atomic E-state index is 5.29. The molecule has 1 fully saturated rings. The van der Waals surface area contributed by atoms with Crippen molar-refractivity contribution in [3.8, 4) is 5.75 Å². The second-order valence-electron chi connectivity index (χ2n) is 5.22. The van der Waals surface area contributed by atoms with Crippen LogP contribution in [0.1, 0.15) is 37.6 Å². The van der Waals surface area contributed by atoms with Gasteiger partial charge in [-0.3, -0.25) is 0 Å². The van der Waals surface area contributed by atoms with E-state index in [2.05, 4.69) is 24.4 Å². The average Bonchev–Trinajstić information content (AvgIpc) is 3.05. The molecular formula is C15H20N2OS. The van der Waals surface area contributed by atoms with Gasteiger partial charge >= 0.3 is 0 Å². The van der Waals surface area contributed by atoms with Gasteiger partial charge in [0, 0.05) is 0 Å². The third kappa shape index (κ3) is 2.23. The van der Waals surface area contributed by atoms with Crippen molar-refractivity contribution in [2.75, 3.05) is 13.7 Å². The van der Waals surface area contributed by atoms with Crippen LogP contribution in [0.2, 0.25) is 0 Å². The van der Waals surface area contributed by atoms with Crippen molar-refractivity contribution in [3.05, 3.63) is 23.2 Å². The molecule has 0 aliphatic carbocycles. The summed E-state index contributed by atoms with van der Waals surface area (Å²) in [7, 11) is 1.71. The van der Waals surface area contributed by atoms with Crippen molar-refractivity contribution in [2.45, 2.75) is 38.1 Å². The Labute approximate surface area is 118 Å². The van der Waals surface area contributed by atoms with Crippen LogP contribution in [0, 0.1) is 0 Å².